The number of aliphatic hydroxyl groups excluding tert-OH is 1. The van der Waals surface area contributed by atoms with Crippen LogP contribution in [0, 0.1) is 5.92 Å². The van der Waals surface area contributed by atoms with Gasteiger partial charge >= 0.3 is 0 Å². The normalized spacial score (nSPS) is 39.3. The standard InChI is InChI=1S/C13H22N2O2.ClH/c16-12-6-10-3-4-11(7-12)15(10)13(17)9-2-1-5-14-8-9;/h9-12,14,16H,1-8H2;1H/t9-,10?,11?,12?;/m1./s1. The number of carbonyl (C=O) groups excluding carboxylic acids is 1. The fourth-order valence-corrected chi connectivity index (χ4v) is 3.78. The zero-order chi connectivity index (χ0) is 11.8. The van der Waals surface area contributed by atoms with Crippen LogP contribution in [-0.2, 0) is 4.79 Å². The van der Waals surface area contributed by atoms with Crippen molar-refractivity contribution in [3.63, 3.8) is 0 Å². The van der Waals surface area contributed by atoms with Crippen molar-refractivity contribution < 1.29 is 9.90 Å². The van der Waals surface area contributed by atoms with E-state index in [-0.39, 0.29) is 24.4 Å². The van der Waals surface area contributed by atoms with Crippen molar-refractivity contribution in [1.82, 2.24) is 10.2 Å². The molecule has 3 saturated heterocycles. The zero-order valence-electron chi connectivity index (χ0n) is 10.7. The van der Waals surface area contributed by atoms with E-state index < -0.39 is 0 Å². The summed E-state index contributed by atoms with van der Waals surface area (Å²) in [5, 5.41) is 13.1. The highest BCUT2D eigenvalue weighted by Gasteiger charge is 2.44. The Balaban J connectivity index is 0.00000120. The summed E-state index contributed by atoms with van der Waals surface area (Å²) in [6.07, 6.45) is 5.74. The molecule has 3 aliphatic rings. The third-order valence-corrected chi connectivity index (χ3v) is 4.61. The Kier molecular flexibility index (Phi) is 4.51. The summed E-state index contributed by atoms with van der Waals surface area (Å²) in [6.45, 7) is 1.90. The second-order valence-electron chi connectivity index (χ2n) is 5.80. The molecule has 104 valence electrons. The molecule has 3 atom stereocenters. The molecule has 18 heavy (non-hydrogen) atoms. The van der Waals surface area contributed by atoms with E-state index in [1.54, 1.807) is 0 Å². The number of carbonyl (C=O) groups is 1. The van der Waals surface area contributed by atoms with Crippen LogP contribution in [0.4, 0.5) is 0 Å². The molecule has 3 rings (SSSR count). The Morgan fingerprint density at radius 2 is 1.83 bits per heavy atom. The molecule has 5 heteroatoms. The molecular formula is C13H23ClN2O2. The molecule has 0 spiro atoms. The zero-order valence-corrected chi connectivity index (χ0v) is 11.5. The van der Waals surface area contributed by atoms with Crippen LogP contribution in [-0.4, -0.2) is 47.2 Å². The van der Waals surface area contributed by atoms with E-state index >= 15 is 0 Å². The third-order valence-electron chi connectivity index (χ3n) is 4.61. The number of nitrogens with zero attached hydrogens (tertiary/aromatic N) is 1. The van der Waals surface area contributed by atoms with Crippen molar-refractivity contribution in [1.29, 1.82) is 0 Å². The lowest BCUT2D eigenvalue weighted by Gasteiger charge is -2.39. The Morgan fingerprint density at radius 3 is 2.39 bits per heavy atom. The van der Waals surface area contributed by atoms with Crippen molar-refractivity contribution in [2.75, 3.05) is 13.1 Å². The molecule has 1 amide bonds. The molecule has 3 aliphatic heterocycles. The minimum Gasteiger partial charge on any atom is -0.393 e. The predicted molar refractivity (Wildman–Crippen MR) is 71.7 cm³/mol. The van der Waals surface area contributed by atoms with Crippen LogP contribution in [0.25, 0.3) is 0 Å². The molecule has 3 heterocycles. The first-order valence-electron chi connectivity index (χ1n) is 6.96. The van der Waals surface area contributed by atoms with Crippen molar-refractivity contribution in [2.24, 2.45) is 5.92 Å². The monoisotopic (exact) mass is 274 g/mol. The van der Waals surface area contributed by atoms with Gasteiger partial charge in [-0.15, -0.1) is 12.4 Å². The number of rotatable bonds is 1. The number of nitrogens with one attached hydrogen (secondary N) is 1. The van der Waals surface area contributed by atoms with Crippen molar-refractivity contribution in [2.45, 2.75) is 56.7 Å². The predicted octanol–water partition coefficient (Wildman–Crippen LogP) is 0.922. The molecule has 2 unspecified atom stereocenters. The van der Waals surface area contributed by atoms with Gasteiger partial charge in [0.25, 0.3) is 0 Å². The summed E-state index contributed by atoms with van der Waals surface area (Å²) < 4.78 is 0. The Bertz CT molecular complexity index is 293. The quantitative estimate of drug-likeness (QED) is 0.748. The number of hydrogen-bond donors (Lipinski definition) is 2. The van der Waals surface area contributed by atoms with Gasteiger partial charge in [0.1, 0.15) is 0 Å². The van der Waals surface area contributed by atoms with Gasteiger partial charge in [0.05, 0.1) is 12.0 Å². The summed E-state index contributed by atoms with van der Waals surface area (Å²) in [5.74, 6) is 0.527. The smallest absolute Gasteiger partial charge is 0.227 e. The van der Waals surface area contributed by atoms with Crippen LogP contribution < -0.4 is 5.32 Å². The van der Waals surface area contributed by atoms with Gasteiger partial charge < -0.3 is 15.3 Å². The molecule has 2 N–H and O–H groups in total. The summed E-state index contributed by atoms with van der Waals surface area (Å²) in [6, 6.07) is 0.636. The molecule has 0 aromatic rings. The lowest BCUT2D eigenvalue weighted by atomic mass is 9.93. The minimum atomic E-state index is -0.180. The van der Waals surface area contributed by atoms with Crippen LogP contribution in [0.5, 0.6) is 0 Å². The van der Waals surface area contributed by atoms with Gasteiger partial charge in [0, 0.05) is 18.6 Å². The highest BCUT2D eigenvalue weighted by molar-refractivity contribution is 5.85. The second-order valence-corrected chi connectivity index (χ2v) is 5.80. The molecule has 0 radical (unpaired) electrons. The Hall–Kier alpha value is -0.320. The number of halogens is 1. The number of piperidine rings is 2. The maximum atomic E-state index is 12.5. The van der Waals surface area contributed by atoms with Gasteiger partial charge in [-0.2, -0.15) is 0 Å². The van der Waals surface area contributed by atoms with E-state index in [2.05, 4.69) is 10.2 Å². The number of hydrogen-bond acceptors (Lipinski definition) is 3. The van der Waals surface area contributed by atoms with Crippen LogP contribution in [0.15, 0.2) is 0 Å². The van der Waals surface area contributed by atoms with Gasteiger partial charge in [-0.1, -0.05) is 0 Å². The number of aliphatic hydroxyl groups is 1. The topological polar surface area (TPSA) is 52.6 Å². The maximum absolute atomic E-state index is 12.5. The molecule has 0 aromatic carbocycles. The fraction of sp³-hybridized carbons (Fsp3) is 0.923. The highest BCUT2D eigenvalue weighted by Crippen LogP contribution is 2.37. The largest absolute Gasteiger partial charge is 0.393 e. The van der Waals surface area contributed by atoms with Gasteiger partial charge in [-0.05, 0) is 45.1 Å². The summed E-state index contributed by atoms with van der Waals surface area (Å²) in [5.41, 5.74) is 0. The first-order chi connectivity index (χ1) is 8.25. The average Bonchev–Trinajstić information content (AvgIpc) is 2.62. The van der Waals surface area contributed by atoms with E-state index in [1.807, 2.05) is 0 Å². The molecule has 3 fully saturated rings. The van der Waals surface area contributed by atoms with Crippen molar-refractivity contribution in [3.05, 3.63) is 0 Å². The fourth-order valence-electron chi connectivity index (χ4n) is 3.78. The van der Waals surface area contributed by atoms with E-state index in [4.69, 9.17) is 0 Å². The molecule has 0 aromatic heterocycles. The van der Waals surface area contributed by atoms with Crippen LogP contribution in [0.2, 0.25) is 0 Å². The first-order valence-corrected chi connectivity index (χ1v) is 6.96. The third kappa shape index (κ3) is 2.51. The lowest BCUT2D eigenvalue weighted by Crippen LogP contribution is -2.52. The van der Waals surface area contributed by atoms with Gasteiger partial charge in [-0.3, -0.25) is 4.79 Å². The van der Waals surface area contributed by atoms with Gasteiger partial charge in [-0.25, -0.2) is 0 Å². The molecule has 2 bridgehead atoms. The van der Waals surface area contributed by atoms with Crippen molar-refractivity contribution >= 4 is 18.3 Å². The molecule has 0 aliphatic carbocycles. The van der Waals surface area contributed by atoms with Crippen molar-refractivity contribution in [3.8, 4) is 0 Å². The van der Waals surface area contributed by atoms with Crippen LogP contribution >= 0.6 is 12.4 Å². The molecule has 4 nitrogen and oxygen atoms in total. The molecular weight excluding hydrogens is 252 g/mol. The summed E-state index contributed by atoms with van der Waals surface area (Å²) >= 11 is 0. The highest BCUT2D eigenvalue weighted by atomic mass is 35.5. The Morgan fingerprint density at radius 1 is 1.17 bits per heavy atom. The van der Waals surface area contributed by atoms with Crippen LogP contribution in [0.1, 0.15) is 38.5 Å². The van der Waals surface area contributed by atoms with Gasteiger partial charge in [0.2, 0.25) is 5.91 Å². The van der Waals surface area contributed by atoms with E-state index in [0.717, 1.165) is 51.6 Å². The summed E-state index contributed by atoms with van der Waals surface area (Å²) in [4.78, 5) is 14.6. The summed E-state index contributed by atoms with van der Waals surface area (Å²) in [7, 11) is 0. The SMILES string of the molecule is Cl.O=C([C@@H]1CCCNC1)N1C2CCC1CC(O)C2. The maximum Gasteiger partial charge on any atom is 0.227 e. The van der Waals surface area contributed by atoms with Crippen LogP contribution in [0.3, 0.4) is 0 Å². The molecule has 0 saturated carbocycles. The number of fused-ring (bicyclic) bond motifs is 2. The average molecular weight is 275 g/mol. The first kappa shape index (κ1) is 14.1. The Labute approximate surface area is 115 Å². The number of amides is 1. The lowest BCUT2D eigenvalue weighted by molar-refractivity contribution is -0.142. The second kappa shape index (κ2) is 5.76. The van der Waals surface area contributed by atoms with E-state index in [9.17, 15) is 9.90 Å². The minimum absolute atomic E-state index is 0. The van der Waals surface area contributed by atoms with Gasteiger partial charge in [0.15, 0.2) is 0 Å². The van der Waals surface area contributed by atoms with E-state index in [1.165, 1.54) is 0 Å². The van der Waals surface area contributed by atoms with E-state index in [0.29, 0.717) is 18.0 Å².